The van der Waals surface area contributed by atoms with Crippen molar-refractivity contribution in [1.82, 2.24) is 0 Å². The van der Waals surface area contributed by atoms with Crippen molar-refractivity contribution >= 4 is 13.8 Å². The number of phosphoric acid groups is 1. The summed E-state index contributed by atoms with van der Waals surface area (Å²) in [6.07, 6.45) is 62.8. The highest BCUT2D eigenvalue weighted by Gasteiger charge is 2.20. The Bertz CT molecular complexity index is 1200. The Morgan fingerprint density at radius 3 is 1.24 bits per heavy atom. The Morgan fingerprint density at radius 2 is 0.833 bits per heavy atom. The molecule has 0 aromatic heterocycles. The van der Waals surface area contributed by atoms with Crippen LogP contribution in [0.25, 0.3) is 0 Å². The average molecular weight is 950 g/mol. The normalized spacial score (nSPS) is 13.8. The monoisotopic (exact) mass is 950 g/mol. The van der Waals surface area contributed by atoms with Gasteiger partial charge in [0.25, 0.3) is 7.82 Å². The van der Waals surface area contributed by atoms with Crippen molar-refractivity contribution in [3.05, 3.63) is 48.6 Å². The van der Waals surface area contributed by atoms with Crippen LogP contribution in [-0.4, -0.2) is 70.7 Å². The summed E-state index contributed by atoms with van der Waals surface area (Å²) in [5, 5.41) is 0. The summed E-state index contributed by atoms with van der Waals surface area (Å²) in [5.74, 6) is -0.335. The van der Waals surface area contributed by atoms with Crippen LogP contribution < -0.4 is 4.89 Å². The molecule has 0 bridgehead atoms. The van der Waals surface area contributed by atoms with Crippen molar-refractivity contribution < 1.29 is 37.3 Å². The lowest BCUT2D eigenvalue weighted by Crippen LogP contribution is -2.37. The van der Waals surface area contributed by atoms with Crippen molar-refractivity contribution in [2.24, 2.45) is 0 Å². The molecule has 0 spiro atoms. The highest BCUT2D eigenvalue weighted by molar-refractivity contribution is 7.45. The summed E-state index contributed by atoms with van der Waals surface area (Å²) < 4.78 is 34.8. The van der Waals surface area contributed by atoms with E-state index in [0.29, 0.717) is 24.1 Å². The van der Waals surface area contributed by atoms with E-state index in [4.69, 9.17) is 18.5 Å². The van der Waals surface area contributed by atoms with Crippen molar-refractivity contribution in [2.75, 3.05) is 54.1 Å². The van der Waals surface area contributed by atoms with Crippen molar-refractivity contribution in [1.29, 1.82) is 0 Å². The van der Waals surface area contributed by atoms with E-state index in [2.05, 4.69) is 62.5 Å². The maximum absolute atomic E-state index is 12.8. The van der Waals surface area contributed by atoms with E-state index >= 15 is 0 Å². The molecule has 0 rings (SSSR count). The number of phosphoric ester groups is 1. The molecule has 0 aromatic carbocycles. The van der Waals surface area contributed by atoms with E-state index in [-0.39, 0.29) is 25.8 Å². The van der Waals surface area contributed by atoms with Crippen LogP contribution >= 0.6 is 7.82 Å². The average Bonchev–Trinajstić information content (AvgIpc) is 3.28. The minimum atomic E-state index is -4.54. The van der Waals surface area contributed by atoms with Crippen LogP contribution in [0.15, 0.2) is 48.6 Å². The summed E-state index contributed by atoms with van der Waals surface area (Å²) in [6.45, 7) is 5.41. The first-order valence-corrected chi connectivity index (χ1v) is 29.3. The van der Waals surface area contributed by atoms with Gasteiger partial charge in [-0.1, -0.05) is 217 Å². The Balaban J connectivity index is 4.09. The van der Waals surface area contributed by atoms with Gasteiger partial charge in [0.05, 0.1) is 34.4 Å². The molecule has 0 fully saturated rings. The number of ether oxygens (including phenoxy) is 2. The van der Waals surface area contributed by atoms with Gasteiger partial charge in [0, 0.05) is 13.0 Å². The molecule has 0 N–H and O–H groups in total. The van der Waals surface area contributed by atoms with Gasteiger partial charge in [-0.25, -0.2) is 0 Å². The standard InChI is InChI=1S/C57H108NO7P/c1-6-8-10-12-14-16-18-20-22-24-26-27-28-29-30-31-32-34-36-38-40-42-44-46-48-50-57(59)65-56(55-64-66(60,61)63-53-51-58(3,4)5)54-62-52-49-47-45-43-41-39-37-35-33-25-23-21-19-17-15-13-11-9-7-2/h17-20,23-26,56H,6-16,21-22,27-55H2,1-5H3/b19-17-,20-18-,25-23-,26-24-. The minimum absolute atomic E-state index is 0.0244. The van der Waals surface area contributed by atoms with Crippen LogP contribution in [0.4, 0.5) is 0 Å². The SMILES string of the molecule is CCCCCC/C=C\C/C=C\CCCCCCCCCCOCC(COP(=O)([O-])OCC[N+](C)(C)C)OC(=O)CCCCCCCCCCCCCCC/C=C\C/C=C\CCCCCCC. The van der Waals surface area contributed by atoms with Crippen molar-refractivity contribution in [3.63, 3.8) is 0 Å². The summed E-state index contributed by atoms with van der Waals surface area (Å²) in [5.41, 5.74) is 0. The zero-order chi connectivity index (χ0) is 48.3. The number of rotatable bonds is 52. The molecule has 0 heterocycles. The lowest BCUT2D eigenvalue weighted by Gasteiger charge is -2.28. The summed E-state index contributed by atoms with van der Waals surface area (Å²) in [7, 11) is 1.36. The molecule has 388 valence electrons. The summed E-state index contributed by atoms with van der Waals surface area (Å²) in [6, 6.07) is 0. The fourth-order valence-electron chi connectivity index (χ4n) is 7.79. The third-order valence-electron chi connectivity index (χ3n) is 12.1. The number of hydrogen-bond acceptors (Lipinski definition) is 7. The maximum atomic E-state index is 12.8. The van der Waals surface area contributed by atoms with Gasteiger partial charge >= 0.3 is 5.97 Å². The summed E-state index contributed by atoms with van der Waals surface area (Å²) >= 11 is 0. The molecule has 66 heavy (non-hydrogen) atoms. The molecule has 0 radical (unpaired) electrons. The quantitative estimate of drug-likeness (QED) is 0.0197. The first kappa shape index (κ1) is 64.5. The van der Waals surface area contributed by atoms with E-state index in [9.17, 15) is 14.3 Å². The Hall–Kier alpha value is -1.54. The second kappa shape index (κ2) is 49.9. The molecule has 9 heteroatoms. The molecule has 2 unspecified atom stereocenters. The first-order valence-electron chi connectivity index (χ1n) is 27.9. The number of quaternary nitrogens is 1. The molecule has 0 amide bonds. The van der Waals surface area contributed by atoms with E-state index < -0.39 is 13.9 Å². The Kier molecular flexibility index (Phi) is 48.7. The Labute approximate surface area is 409 Å². The summed E-state index contributed by atoms with van der Waals surface area (Å²) in [4.78, 5) is 25.2. The van der Waals surface area contributed by atoms with Gasteiger partial charge in [0.2, 0.25) is 0 Å². The van der Waals surface area contributed by atoms with Crippen LogP contribution in [-0.2, 0) is 27.9 Å². The number of carbonyl (C=O) groups excluding carboxylic acids is 1. The number of likely N-dealkylation sites (N-methyl/N-ethyl adjacent to an activating group) is 1. The maximum Gasteiger partial charge on any atom is 0.306 e. The lowest BCUT2D eigenvalue weighted by atomic mass is 10.0. The fraction of sp³-hybridized carbons (Fsp3) is 0.842. The van der Waals surface area contributed by atoms with Crippen LogP contribution in [0.3, 0.4) is 0 Å². The molecule has 0 saturated heterocycles. The topological polar surface area (TPSA) is 94.1 Å². The molecule has 2 atom stereocenters. The molecule has 0 aliphatic carbocycles. The van der Waals surface area contributed by atoms with Gasteiger partial charge in [-0.3, -0.25) is 9.36 Å². The van der Waals surface area contributed by atoms with Crippen molar-refractivity contribution in [3.8, 4) is 0 Å². The zero-order valence-corrected chi connectivity index (χ0v) is 45.0. The largest absolute Gasteiger partial charge is 0.756 e. The van der Waals surface area contributed by atoms with Crippen LogP contribution in [0, 0.1) is 0 Å². The van der Waals surface area contributed by atoms with E-state index in [1.807, 2.05) is 21.1 Å². The molecular weight excluding hydrogens is 842 g/mol. The van der Waals surface area contributed by atoms with Gasteiger partial charge < -0.3 is 27.9 Å². The second-order valence-electron chi connectivity index (χ2n) is 19.9. The number of nitrogens with zero attached hydrogens (tertiary/aromatic N) is 1. The number of esters is 1. The van der Waals surface area contributed by atoms with Gasteiger partial charge in [-0.15, -0.1) is 0 Å². The predicted octanol–water partition coefficient (Wildman–Crippen LogP) is 16.8. The number of allylic oxidation sites excluding steroid dienone is 8. The lowest BCUT2D eigenvalue weighted by molar-refractivity contribution is -0.870. The van der Waals surface area contributed by atoms with Gasteiger partial charge in [0.1, 0.15) is 19.3 Å². The second-order valence-corrected chi connectivity index (χ2v) is 21.3. The molecule has 8 nitrogen and oxygen atoms in total. The molecule has 0 aliphatic heterocycles. The third kappa shape index (κ3) is 53.4. The van der Waals surface area contributed by atoms with Gasteiger partial charge in [-0.05, 0) is 77.0 Å². The van der Waals surface area contributed by atoms with E-state index in [1.165, 1.54) is 186 Å². The van der Waals surface area contributed by atoms with Gasteiger partial charge in [0.15, 0.2) is 0 Å². The molecule has 0 aliphatic rings. The number of hydrogen-bond donors (Lipinski definition) is 0. The molecule has 0 saturated carbocycles. The van der Waals surface area contributed by atoms with Crippen LogP contribution in [0.2, 0.25) is 0 Å². The van der Waals surface area contributed by atoms with Crippen molar-refractivity contribution in [2.45, 2.75) is 258 Å². The minimum Gasteiger partial charge on any atom is -0.756 e. The van der Waals surface area contributed by atoms with Gasteiger partial charge in [-0.2, -0.15) is 0 Å². The fourth-order valence-corrected chi connectivity index (χ4v) is 8.51. The number of carbonyl (C=O) groups is 1. The first-order chi connectivity index (χ1) is 32.1. The Morgan fingerprint density at radius 1 is 0.470 bits per heavy atom. The highest BCUT2D eigenvalue weighted by Crippen LogP contribution is 2.38. The van der Waals surface area contributed by atoms with Crippen LogP contribution in [0.1, 0.15) is 251 Å². The van der Waals surface area contributed by atoms with Crippen LogP contribution in [0.5, 0.6) is 0 Å². The highest BCUT2D eigenvalue weighted by atomic mass is 31.2. The molecule has 0 aromatic rings. The predicted molar refractivity (Wildman–Crippen MR) is 282 cm³/mol. The third-order valence-corrected chi connectivity index (χ3v) is 13.1. The molecular formula is C57H108NO7P. The number of unbranched alkanes of at least 4 members (excludes halogenated alkanes) is 30. The van der Waals surface area contributed by atoms with E-state index in [0.717, 1.165) is 44.9 Å². The smallest absolute Gasteiger partial charge is 0.306 e. The van der Waals surface area contributed by atoms with E-state index in [1.54, 1.807) is 0 Å². The zero-order valence-electron chi connectivity index (χ0n) is 44.1.